The van der Waals surface area contributed by atoms with Crippen molar-refractivity contribution >= 4 is 23.2 Å². The van der Waals surface area contributed by atoms with Gasteiger partial charge in [0.25, 0.3) is 0 Å². The Labute approximate surface area is 86.4 Å². The fraction of sp³-hybridized carbons (Fsp3) is 0.333. The first-order valence-electron chi connectivity index (χ1n) is 3.81. The first-order chi connectivity index (χ1) is 6.13. The first kappa shape index (κ1) is 10.6. The van der Waals surface area contributed by atoms with Gasteiger partial charge in [-0.25, -0.2) is 4.39 Å². The largest absolute Gasteiger partial charge is 0.488 e. The molecule has 0 aromatic heterocycles. The van der Waals surface area contributed by atoms with Crippen molar-refractivity contribution in [1.29, 1.82) is 0 Å². The third-order valence-electron chi connectivity index (χ3n) is 1.44. The lowest BCUT2D eigenvalue weighted by Crippen LogP contribution is -2.13. The Hall–Kier alpha value is -0.470. The van der Waals surface area contributed by atoms with E-state index in [4.69, 9.17) is 27.9 Å². The molecule has 0 aliphatic rings. The third kappa shape index (κ3) is 3.05. The predicted octanol–water partition coefficient (Wildman–Crippen LogP) is 3.49. The second-order valence-electron chi connectivity index (χ2n) is 2.66. The van der Waals surface area contributed by atoms with Crippen LogP contribution in [0.3, 0.4) is 0 Å². The van der Waals surface area contributed by atoms with E-state index in [2.05, 4.69) is 0 Å². The molecule has 0 saturated carbocycles. The second kappa shape index (κ2) is 4.68. The Balaban J connectivity index is 2.77. The summed E-state index contributed by atoms with van der Waals surface area (Å²) in [5.74, 6) is 0.445. The number of rotatable bonds is 3. The maximum Gasteiger partial charge on any atom is 0.138 e. The topological polar surface area (TPSA) is 9.23 Å². The molecule has 0 amide bonds. The fourth-order valence-electron chi connectivity index (χ4n) is 0.819. The number of hydrogen-bond acceptors (Lipinski definition) is 1. The van der Waals surface area contributed by atoms with Gasteiger partial charge in [-0.3, -0.25) is 0 Å². The number of hydrogen-bond donors (Lipinski definition) is 0. The summed E-state index contributed by atoms with van der Waals surface area (Å²) in [7, 11) is 0. The van der Waals surface area contributed by atoms with Gasteiger partial charge in [0.2, 0.25) is 0 Å². The van der Waals surface area contributed by atoms with Crippen molar-refractivity contribution in [2.75, 3.05) is 5.88 Å². The van der Waals surface area contributed by atoms with E-state index in [1.54, 1.807) is 0 Å². The van der Waals surface area contributed by atoms with E-state index in [0.717, 1.165) is 0 Å². The van der Waals surface area contributed by atoms with Crippen LogP contribution in [-0.4, -0.2) is 12.0 Å². The fourth-order valence-corrected chi connectivity index (χ4v) is 1.09. The number of alkyl halides is 1. The highest BCUT2D eigenvalue weighted by atomic mass is 35.5. The Morgan fingerprint density at radius 1 is 1.54 bits per heavy atom. The number of ether oxygens (including phenoxy) is 1. The first-order valence-corrected chi connectivity index (χ1v) is 4.72. The molecule has 1 aromatic carbocycles. The lowest BCUT2D eigenvalue weighted by Gasteiger charge is -2.12. The van der Waals surface area contributed by atoms with E-state index >= 15 is 0 Å². The van der Waals surface area contributed by atoms with Gasteiger partial charge in [-0.1, -0.05) is 11.6 Å². The number of halogens is 3. The standard InChI is InChI=1S/C9H9Cl2FO/c1-6(5-10)13-9-3-2-7(12)4-8(9)11/h2-4,6H,5H2,1H3. The quantitative estimate of drug-likeness (QED) is 0.712. The van der Waals surface area contributed by atoms with Gasteiger partial charge in [-0.2, -0.15) is 0 Å². The van der Waals surface area contributed by atoms with Crippen LogP contribution < -0.4 is 4.74 Å². The van der Waals surface area contributed by atoms with Crippen molar-refractivity contribution in [2.45, 2.75) is 13.0 Å². The molecule has 13 heavy (non-hydrogen) atoms. The van der Waals surface area contributed by atoms with Gasteiger partial charge in [-0.15, -0.1) is 11.6 Å². The number of benzene rings is 1. The Morgan fingerprint density at radius 2 is 2.23 bits per heavy atom. The molecular weight excluding hydrogens is 214 g/mol. The van der Waals surface area contributed by atoms with E-state index in [9.17, 15) is 4.39 Å². The van der Waals surface area contributed by atoms with Crippen molar-refractivity contribution in [3.05, 3.63) is 29.0 Å². The van der Waals surface area contributed by atoms with Crippen molar-refractivity contribution in [3.8, 4) is 5.75 Å². The minimum Gasteiger partial charge on any atom is -0.488 e. The Bertz CT molecular complexity index is 291. The lowest BCUT2D eigenvalue weighted by molar-refractivity contribution is 0.245. The molecule has 1 nitrogen and oxygen atoms in total. The van der Waals surface area contributed by atoms with Gasteiger partial charge in [0.05, 0.1) is 10.9 Å². The van der Waals surface area contributed by atoms with Crippen LogP contribution in [-0.2, 0) is 0 Å². The molecular formula is C9H9Cl2FO. The van der Waals surface area contributed by atoms with Crippen molar-refractivity contribution < 1.29 is 9.13 Å². The zero-order valence-electron chi connectivity index (χ0n) is 7.06. The van der Waals surface area contributed by atoms with Crippen molar-refractivity contribution in [2.24, 2.45) is 0 Å². The van der Waals surface area contributed by atoms with Gasteiger partial charge >= 0.3 is 0 Å². The zero-order valence-corrected chi connectivity index (χ0v) is 8.57. The highest BCUT2D eigenvalue weighted by Gasteiger charge is 2.06. The molecule has 72 valence electrons. The van der Waals surface area contributed by atoms with Crippen LogP contribution in [0.5, 0.6) is 5.75 Å². The third-order valence-corrected chi connectivity index (χ3v) is 2.17. The molecule has 0 saturated heterocycles. The van der Waals surface area contributed by atoms with Crippen molar-refractivity contribution in [1.82, 2.24) is 0 Å². The molecule has 1 aromatic rings. The van der Waals surface area contributed by atoms with Crippen LogP contribution in [0.2, 0.25) is 5.02 Å². The minimum absolute atomic E-state index is 0.135. The molecule has 4 heteroatoms. The molecule has 0 heterocycles. The van der Waals surface area contributed by atoms with Crippen LogP contribution in [0.25, 0.3) is 0 Å². The summed E-state index contributed by atoms with van der Waals surface area (Å²) in [5, 5.41) is 0.261. The summed E-state index contributed by atoms with van der Waals surface area (Å²) in [4.78, 5) is 0. The predicted molar refractivity (Wildman–Crippen MR) is 52.2 cm³/mol. The molecule has 1 unspecified atom stereocenters. The molecule has 0 bridgehead atoms. The van der Waals surface area contributed by atoms with Gasteiger partial charge in [0.15, 0.2) is 0 Å². The minimum atomic E-state index is -0.379. The molecule has 1 rings (SSSR count). The van der Waals surface area contributed by atoms with Crippen LogP contribution in [0.15, 0.2) is 18.2 Å². The zero-order chi connectivity index (χ0) is 9.84. The average Bonchev–Trinajstić information content (AvgIpc) is 2.09. The summed E-state index contributed by atoms with van der Waals surface area (Å²) in [5.41, 5.74) is 0. The van der Waals surface area contributed by atoms with Crippen molar-refractivity contribution in [3.63, 3.8) is 0 Å². The van der Waals surface area contributed by atoms with Gasteiger partial charge in [-0.05, 0) is 25.1 Å². The summed E-state index contributed by atoms with van der Waals surface area (Å²) in [6.45, 7) is 1.81. The maximum atomic E-state index is 12.6. The smallest absolute Gasteiger partial charge is 0.138 e. The summed E-state index contributed by atoms with van der Waals surface area (Å²) in [6, 6.07) is 3.99. The Morgan fingerprint density at radius 3 is 2.77 bits per heavy atom. The highest BCUT2D eigenvalue weighted by molar-refractivity contribution is 6.32. The summed E-state index contributed by atoms with van der Waals surface area (Å²) in [6.07, 6.45) is -0.135. The Kier molecular flexibility index (Phi) is 3.82. The molecule has 0 radical (unpaired) electrons. The monoisotopic (exact) mass is 222 g/mol. The second-order valence-corrected chi connectivity index (χ2v) is 3.37. The van der Waals surface area contributed by atoms with Crippen LogP contribution >= 0.6 is 23.2 Å². The van der Waals surface area contributed by atoms with Gasteiger partial charge in [0, 0.05) is 0 Å². The van der Waals surface area contributed by atoms with E-state index in [-0.39, 0.29) is 16.9 Å². The van der Waals surface area contributed by atoms with Gasteiger partial charge in [0.1, 0.15) is 17.7 Å². The van der Waals surface area contributed by atoms with Crippen LogP contribution in [0.1, 0.15) is 6.92 Å². The summed E-state index contributed by atoms with van der Waals surface area (Å²) >= 11 is 11.3. The van der Waals surface area contributed by atoms with Crippen LogP contribution in [0, 0.1) is 5.82 Å². The lowest BCUT2D eigenvalue weighted by atomic mass is 10.3. The van der Waals surface area contributed by atoms with E-state index in [1.807, 2.05) is 6.92 Å². The van der Waals surface area contributed by atoms with E-state index in [0.29, 0.717) is 11.6 Å². The molecule has 0 fully saturated rings. The van der Waals surface area contributed by atoms with Gasteiger partial charge < -0.3 is 4.74 Å². The summed E-state index contributed by atoms with van der Waals surface area (Å²) < 4.78 is 17.9. The molecule has 0 aliphatic carbocycles. The SMILES string of the molecule is CC(CCl)Oc1ccc(F)cc1Cl. The van der Waals surface area contributed by atoms with E-state index < -0.39 is 0 Å². The average molecular weight is 223 g/mol. The maximum absolute atomic E-state index is 12.6. The van der Waals surface area contributed by atoms with Crippen LogP contribution in [0.4, 0.5) is 4.39 Å². The molecule has 0 spiro atoms. The molecule has 0 aliphatic heterocycles. The molecule has 1 atom stereocenters. The normalized spacial score (nSPS) is 12.6. The molecule has 0 N–H and O–H groups in total. The highest BCUT2D eigenvalue weighted by Crippen LogP contribution is 2.25. The van der Waals surface area contributed by atoms with E-state index in [1.165, 1.54) is 18.2 Å².